The minimum absolute atomic E-state index is 0.104. The van der Waals surface area contributed by atoms with E-state index in [1.54, 1.807) is 36.3 Å². The number of carbonyl (C=O) groups excluding carboxylic acids is 2. The molecule has 0 aliphatic carbocycles. The van der Waals surface area contributed by atoms with Crippen LogP contribution in [0, 0.1) is 0 Å². The molecule has 2 aromatic rings. The largest absolute Gasteiger partial charge is 0.497 e. The lowest BCUT2D eigenvalue weighted by molar-refractivity contribution is -0.133. The van der Waals surface area contributed by atoms with Crippen molar-refractivity contribution in [2.75, 3.05) is 52.9 Å². The molecule has 0 fully saturated rings. The Morgan fingerprint density at radius 1 is 1.12 bits per heavy atom. The van der Waals surface area contributed by atoms with Crippen LogP contribution in [0.4, 0.5) is 10.5 Å². The molecule has 32 heavy (non-hydrogen) atoms. The van der Waals surface area contributed by atoms with Gasteiger partial charge in [-0.05, 0) is 12.1 Å². The van der Waals surface area contributed by atoms with Crippen LogP contribution in [0.5, 0.6) is 11.5 Å². The van der Waals surface area contributed by atoms with Crippen LogP contribution in [0.1, 0.15) is 5.69 Å². The van der Waals surface area contributed by atoms with Gasteiger partial charge in [0, 0.05) is 63.0 Å². The monoisotopic (exact) mass is 444 g/mol. The Morgan fingerprint density at radius 3 is 2.34 bits per heavy atom. The van der Waals surface area contributed by atoms with Crippen molar-refractivity contribution in [3.8, 4) is 11.5 Å². The van der Waals surface area contributed by atoms with Gasteiger partial charge < -0.3 is 33.9 Å². The van der Waals surface area contributed by atoms with Crippen molar-refractivity contribution in [2.45, 2.75) is 6.54 Å². The molecule has 0 atom stereocenters. The molecule has 0 aliphatic heterocycles. The SMILES string of the molecule is C=CCN(CC(=O)N(CCOC)Cc1cccn1C)C(=O)Nc1cc(OC)cc(OC)c1. The van der Waals surface area contributed by atoms with Crippen molar-refractivity contribution in [1.29, 1.82) is 0 Å². The number of amides is 3. The molecule has 1 aromatic carbocycles. The van der Waals surface area contributed by atoms with E-state index in [9.17, 15) is 9.59 Å². The number of rotatable bonds is 12. The maximum atomic E-state index is 13.1. The zero-order valence-electron chi connectivity index (χ0n) is 19.2. The molecule has 0 radical (unpaired) electrons. The summed E-state index contributed by atoms with van der Waals surface area (Å²) in [6, 6.07) is 8.51. The predicted octanol–water partition coefficient (Wildman–Crippen LogP) is 2.74. The van der Waals surface area contributed by atoms with Crippen LogP contribution < -0.4 is 14.8 Å². The predicted molar refractivity (Wildman–Crippen MR) is 123 cm³/mol. The summed E-state index contributed by atoms with van der Waals surface area (Å²) < 4.78 is 17.6. The molecule has 0 aliphatic rings. The van der Waals surface area contributed by atoms with Crippen LogP contribution in [0.2, 0.25) is 0 Å². The van der Waals surface area contributed by atoms with Crippen molar-refractivity contribution >= 4 is 17.6 Å². The molecule has 9 heteroatoms. The fourth-order valence-electron chi connectivity index (χ4n) is 3.07. The zero-order valence-corrected chi connectivity index (χ0v) is 19.2. The minimum atomic E-state index is -0.431. The second-order valence-electron chi connectivity index (χ2n) is 7.12. The number of benzene rings is 1. The van der Waals surface area contributed by atoms with Crippen molar-refractivity contribution in [1.82, 2.24) is 14.4 Å². The third-order valence-corrected chi connectivity index (χ3v) is 4.89. The summed E-state index contributed by atoms with van der Waals surface area (Å²) in [6.07, 6.45) is 3.50. The van der Waals surface area contributed by atoms with E-state index in [1.807, 2.05) is 29.9 Å². The van der Waals surface area contributed by atoms with E-state index in [0.29, 0.717) is 36.9 Å². The van der Waals surface area contributed by atoms with Crippen LogP contribution in [0.3, 0.4) is 0 Å². The van der Waals surface area contributed by atoms with Crippen LogP contribution in [0.15, 0.2) is 49.2 Å². The van der Waals surface area contributed by atoms with E-state index in [-0.39, 0.29) is 19.0 Å². The van der Waals surface area contributed by atoms with Gasteiger partial charge in [0.2, 0.25) is 5.91 Å². The number of nitrogens with zero attached hydrogens (tertiary/aromatic N) is 3. The summed E-state index contributed by atoms with van der Waals surface area (Å²) in [6.45, 7) is 5.04. The van der Waals surface area contributed by atoms with Gasteiger partial charge in [0.1, 0.15) is 18.0 Å². The lowest BCUT2D eigenvalue weighted by atomic mass is 10.2. The molecular weight excluding hydrogens is 412 g/mol. The molecule has 0 bridgehead atoms. The van der Waals surface area contributed by atoms with E-state index >= 15 is 0 Å². The van der Waals surface area contributed by atoms with Crippen molar-refractivity contribution in [3.63, 3.8) is 0 Å². The molecule has 0 unspecified atom stereocenters. The second-order valence-corrected chi connectivity index (χ2v) is 7.12. The van der Waals surface area contributed by atoms with Gasteiger partial charge in [0.05, 0.1) is 27.4 Å². The number of ether oxygens (including phenoxy) is 3. The molecule has 1 aromatic heterocycles. The van der Waals surface area contributed by atoms with E-state index in [1.165, 1.54) is 19.1 Å². The average molecular weight is 445 g/mol. The molecule has 1 N–H and O–H groups in total. The normalized spacial score (nSPS) is 10.4. The summed E-state index contributed by atoms with van der Waals surface area (Å²) >= 11 is 0. The summed E-state index contributed by atoms with van der Waals surface area (Å²) in [5.41, 5.74) is 1.48. The van der Waals surface area contributed by atoms with Gasteiger partial charge in [-0.3, -0.25) is 4.79 Å². The highest BCUT2D eigenvalue weighted by Gasteiger charge is 2.22. The standard InChI is InChI=1S/C23H32N4O5/c1-6-9-27(23(29)24-18-13-20(31-4)15-21(14-18)32-5)17-22(28)26(11-12-30-3)16-19-8-7-10-25(19)2/h6-8,10,13-15H,1,9,11-12,16-17H2,2-5H3,(H,24,29). The quantitative estimate of drug-likeness (QED) is 0.509. The first-order valence-corrected chi connectivity index (χ1v) is 10.2. The van der Waals surface area contributed by atoms with Crippen molar-refractivity contribution in [2.24, 2.45) is 7.05 Å². The van der Waals surface area contributed by atoms with Crippen LogP contribution in [-0.2, 0) is 23.1 Å². The summed E-state index contributed by atoms with van der Waals surface area (Å²) in [5, 5.41) is 2.80. The molecule has 3 amide bonds. The number of anilines is 1. The highest BCUT2D eigenvalue weighted by Crippen LogP contribution is 2.26. The van der Waals surface area contributed by atoms with E-state index in [2.05, 4.69) is 11.9 Å². The third kappa shape index (κ3) is 7.05. The first-order chi connectivity index (χ1) is 15.4. The number of carbonyl (C=O) groups is 2. The highest BCUT2D eigenvalue weighted by molar-refractivity contribution is 5.92. The lowest BCUT2D eigenvalue weighted by Crippen LogP contribution is -2.45. The second kappa shape index (κ2) is 12.4. The Morgan fingerprint density at radius 2 is 1.81 bits per heavy atom. The lowest BCUT2D eigenvalue weighted by Gasteiger charge is -2.27. The Labute approximate surface area is 189 Å². The summed E-state index contributed by atoms with van der Waals surface area (Å²) in [5.74, 6) is 0.891. The number of methoxy groups -OCH3 is 3. The smallest absolute Gasteiger partial charge is 0.322 e. The van der Waals surface area contributed by atoms with Crippen LogP contribution >= 0.6 is 0 Å². The Hall–Kier alpha value is -3.46. The average Bonchev–Trinajstić information content (AvgIpc) is 3.19. The van der Waals surface area contributed by atoms with E-state index < -0.39 is 6.03 Å². The first kappa shape index (κ1) is 24.8. The number of nitrogens with one attached hydrogen (secondary N) is 1. The molecule has 2 rings (SSSR count). The summed E-state index contributed by atoms with van der Waals surface area (Å²) in [4.78, 5) is 29.1. The highest BCUT2D eigenvalue weighted by atomic mass is 16.5. The number of aryl methyl sites for hydroxylation is 1. The number of aromatic nitrogens is 1. The van der Waals surface area contributed by atoms with Gasteiger partial charge >= 0.3 is 6.03 Å². The molecule has 0 spiro atoms. The molecule has 174 valence electrons. The Kier molecular flexibility index (Phi) is 9.62. The zero-order chi connectivity index (χ0) is 23.5. The molecular formula is C23H32N4O5. The maximum absolute atomic E-state index is 13.1. The summed E-state index contributed by atoms with van der Waals surface area (Å²) in [7, 11) is 6.58. The van der Waals surface area contributed by atoms with Gasteiger partial charge in [-0.2, -0.15) is 0 Å². The molecule has 1 heterocycles. The van der Waals surface area contributed by atoms with Gasteiger partial charge in [0.15, 0.2) is 0 Å². The Bertz CT molecular complexity index is 889. The molecule has 9 nitrogen and oxygen atoms in total. The third-order valence-electron chi connectivity index (χ3n) is 4.89. The van der Waals surface area contributed by atoms with E-state index in [0.717, 1.165) is 5.69 Å². The topological polar surface area (TPSA) is 85.3 Å². The minimum Gasteiger partial charge on any atom is -0.497 e. The van der Waals surface area contributed by atoms with Gasteiger partial charge in [-0.15, -0.1) is 6.58 Å². The van der Waals surface area contributed by atoms with Crippen molar-refractivity contribution < 1.29 is 23.8 Å². The maximum Gasteiger partial charge on any atom is 0.322 e. The van der Waals surface area contributed by atoms with Gasteiger partial charge in [0.25, 0.3) is 0 Å². The fourth-order valence-corrected chi connectivity index (χ4v) is 3.07. The van der Waals surface area contributed by atoms with Gasteiger partial charge in [-0.1, -0.05) is 6.08 Å². The van der Waals surface area contributed by atoms with Crippen molar-refractivity contribution in [3.05, 3.63) is 54.9 Å². The molecule has 0 saturated heterocycles. The van der Waals surface area contributed by atoms with E-state index in [4.69, 9.17) is 14.2 Å². The number of urea groups is 1. The number of hydrogen-bond acceptors (Lipinski definition) is 5. The molecule has 0 saturated carbocycles. The van der Waals surface area contributed by atoms with Crippen LogP contribution in [0.25, 0.3) is 0 Å². The van der Waals surface area contributed by atoms with Crippen LogP contribution in [-0.4, -0.2) is 73.9 Å². The van der Waals surface area contributed by atoms with Gasteiger partial charge in [-0.25, -0.2) is 4.79 Å². The Balaban J connectivity index is 2.13. The fraction of sp³-hybridized carbons (Fsp3) is 0.391. The number of hydrogen-bond donors (Lipinski definition) is 1. The first-order valence-electron chi connectivity index (χ1n) is 10.2.